The fourth-order valence-corrected chi connectivity index (χ4v) is 2.97. The smallest absolute Gasteiger partial charge is 0.322 e. The fourth-order valence-electron chi connectivity index (χ4n) is 2.75. The van der Waals surface area contributed by atoms with E-state index in [1.54, 1.807) is 41.7 Å². The molecule has 2 heterocycles. The second-order valence-electron chi connectivity index (χ2n) is 5.93. The minimum atomic E-state index is -0.160. The van der Waals surface area contributed by atoms with Crippen molar-refractivity contribution >= 4 is 29.1 Å². The molecule has 1 aromatic heterocycles. The number of carbonyl (C=O) groups is 1. The summed E-state index contributed by atoms with van der Waals surface area (Å²) in [5.74, 6) is 1.35. The van der Waals surface area contributed by atoms with Gasteiger partial charge < -0.3 is 19.9 Å². The lowest BCUT2D eigenvalue weighted by molar-refractivity contribution is 0.208. The van der Waals surface area contributed by atoms with Crippen LogP contribution in [0.5, 0.6) is 5.75 Å². The van der Waals surface area contributed by atoms with Gasteiger partial charge in [0.15, 0.2) is 5.75 Å². The largest absolute Gasteiger partial charge is 0.490 e. The molecule has 2 aromatic rings. The van der Waals surface area contributed by atoms with Gasteiger partial charge in [-0.2, -0.15) is 0 Å². The second-order valence-corrected chi connectivity index (χ2v) is 6.34. The Morgan fingerprint density at radius 3 is 2.77 bits per heavy atom. The molecule has 0 aliphatic carbocycles. The van der Waals surface area contributed by atoms with Gasteiger partial charge in [0, 0.05) is 38.6 Å². The first kappa shape index (κ1) is 18.3. The highest BCUT2D eigenvalue weighted by atomic mass is 35.5. The number of ether oxygens (including phenoxy) is 1. The molecular formula is C18H22ClN5O2. The van der Waals surface area contributed by atoms with Gasteiger partial charge in [-0.15, -0.1) is 0 Å². The van der Waals surface area contributed by atoms with Gasteiger partial charge in [-0.3, -0.25) is 4.98 Å². The van der Waals surface area contributed by atoms with Crippen molar-refractivity contribution in [3.63, 3.8) is 0 Å². The summed E-state index contributed by atoms with van der Waals surface area (Å²) in [7, 11) is 0. The first-order valence-electron chi connectivity index (χ1n) is 8.67. The molecule has 1 fully saturated rings. The molecule has 1 aliphatic heterocycles. The molecule has 0 unspecified atom stereocenters. The van der Waals surface area contributed by atoms with Gasteiger partial charge in [-0.25, -0.2) is 9.78 Å². The number of para-hydroxylation sites is 1. The third kappa shape index (κ3) is 4.35. The third-order valence-corrected chi connectivity index (χ3v) is 4.40. The fraction of sp³-hybridized carbons (Fsp3) is 0.389. The summed E-state index contributed by atoms with van der Waals surface area (Å²) in [6, 6.07) is 5.18. The van der Waals surface area contributed by atoms with Crippen molar-refractivity contribution in [3.05, 3.63) is 41.8 Å². The second kappa shape index (κ2) is 8.71. The van der Waals surface area contributed by atoms with Gasteiger partial charge in [-0.05, 0) is 18.6 Å². The summed E-state index contributed by atoms with van der Waals surface area (Å²) < 4.78 is 5.69. The molecule has 0 bridgehead atoms. The monoisotopic (exact) mass is 375 g/mol. The summed E-state index contributed by atoms with van der Waals surface area (Å²) in [5, 5.41) is 3.41. The molecule has 0 saturated carbocycles. The first-order valence-corrected chi connectivity index (χ1v) is 9.05. The Morgan fingerprint density at radius 2 is 2.08 bits per heavy atom. The number of carbonyl (C=O) groups excluding carboxylic acids is 1. The van der Waals surface area contributed by atoms with E-state index in [-0.39, 0.29) is 6.03 Å². The summed E-state index contributed by atoms with van der Waals surface area (Å²) >= 11 is 6.21. The number of halogens is 1. The van der Waals surface area contributed by atoms with Gasteiger partial charge in [0.2, 0.25) is 0 Å². The Bertz CT molecular complexity index is 736. The maximum atomic E-state index is 12.6. The van der Waals surface area contributed by atoms with Crippen molar-refractivity contribution in [1.29, 1.82) is 0 Å². The molecule has 0 radical (unpaired) electrons. The molecule has 1 N–H and O–H groups in total. The van der Waals surface area contributed by atoms with E-state index in [4.69, 9.17) is 16.3 Å². The molecular weight excluding hydrogens is 354 g/mol. The Hall–Kier alpha value is -2.54. The number of hydrogen-bond donors (Lipinski definition) is 1. The first-order chi connectivity index (χ1) is 12.7. The van der Waals surface area contributed by atoms with Crippen LogP contribution in [0.25, 0.3) is 0 Å². The predicted molar refractivity (Wildman–Crippen MR) is 102 cm³/mol. The Labute approximate surface area is 157 Å². The van der Waals surface area contributed by atoms with Crippen LogP contribution in [-0.2, 0) is 0 Å². The zero-order valence-corrected chi connectivity index (χ0v) is 15.4. The number of rotatable bonds is 5. The molecule has 1 aliphatic rings. The van der Waals surface area contributed by atoms with E-state index in [9.17, 15) is 4.79 Å². The van der Waals surface area contributed by atoms with E-state index >= 15 is 0 Å². The number of nitrogens with one attached hydrogen (secondary N) is 1. The van der Waals surface area contributed by atoms with Crippen LogP contribution in [0.15, 0.2) is 36.8 Å². The van der Waals surface area contributed by atoms with Crippen LogP contribution in [-0.4, -0.2) is 53.7 Å². The van der Waals surface area contributed by atoms with Crippen molar-refractivity contribution in [2.45, 2.75) is 13.3 Å². The van der Waals surface area contributed by atoms with Gasteiger partial charge in [-0.1, -0.05) is 24.6 Å². The third-order valence-electron chi connectivity index (χ3n) is 4.10. The number of piperazine rings is 1. The predicted octanol–water partition coefficient (Wildman–Crippen LogP) is 3.27. The quantitative estimate of drug-likeness (QED) is 0.868. The maximum Gasteiger partial charge on any atom is 0.322 e. The van der Waals surface area contributed by atoms with Crippen molar-refractivity contribution < 1.29 is 9.53 Å². The molecule has 7 nitrogen and oxygen atoms in total. The molecule has 1 aromatic carbocycles. The van der Waals surface area contributed by atoms with Crippen molar-refractivity contribution in [2.24, 2.45) is 0 Å². The van der Waals surface area contributed by atoms with Crippen molar-refractivity contribution in [1.82, 2.24) is 14.9 Å². The van der Waals surface area contributed by atoms with Crippen LogP contribution in [0.4, 0.5) is 16.3 Å². The Balaban J connectivity index is 1.60. The molecule has 26 heavy (non-hydrogen) atoms. The van der Waals surface area contributed by atoms with Gasteiger partial charge >= 0.3 is 6.03 Å². The van der Waals surface area contributed by atoms with E-state index in [0.29, 0.717) is 49.2 Å². The number of urea groups is 1. The normalized spacial score (nSPS) is 14.2. The van der Waals surface area contributed by atoms with Crippen LogP contribution < -0.4 is 15.0 Å². The van der Waals surface area contributed by atoms with Crippen LogP contribution in [0.2, 0.25) is 5.02 Å². The molecule has 138 valence electrons. The van der Waals surface area contributed by atoms with E-state index in [1.807, 2.05) is 6.92 Å². The number of nitrogens with zero attached hydrogens (tertiary/aromatic N) is 4. The lowest BCUT2D eigenvalue weighted by Gasteiger charge is -2.35. The van der Waals surface area contributed by atoms with Gasteiger partial charge in [0.1, 0.15) is 5.82 Å². The van der Waals surface area contributed by atoms with Crippen LogP contribution in [0.1, 0.15) is 13.3 Å². The van der Waals surface area contributed by atoms with Crippen LogP contribution in [0, 0.1) is 0 Å². The number of benzene rings is 1. The van der Waals surface area contributed by atoms with E-state index < -0.39 is 0 Å². The zero-order valence-electron chi connectivity index (χ0n) is 14.7. The lowest BCUT2D eigenvalue weighted by Crippen LogP contribution is -2.50. The highest BCUT2D eigenvalue weighted by Gasteiger charge is 2.23. The number of amides is 2. The average molecular weight is 376 g/mol. The molecule has 0 spiro atoms. The van der Waals surface area contributed by atoms with Crippen molar-refractivity contribution in [3.8, 4) is 5.75 Å². The summed E-state index contributed by atoms with van der Waals surface area (Å²) in [4.78, 5) is 24.9. The molecule has 3 rings (SSSR count). The van der Waals surface area contributed by atoms with Crippen LogP contribution >= 0.6 is 11.6 Å². The van der Waals surface area contributed by atoms with E-state index in [1.165, 1.54) is 0 Å². The zero-order chi connectivity index (χ0) is 18.4. The SMILES string of the molecule is CCCOc1c(Cl)cccc1NC(=O)N1CCN(c2cnccn2)CC1. The highest BCUT2D eigenvalue weighted by Crippen LogP contribution is 2.33. The molecule has 1 saturated heterocycles. The highest BCUT2D eigenvalue weighted by molar-refractivity contribution is 6.32. The van der Waals surface area contributed by atoms with Gasteiger partial charge in [0.25, 0.3) is 0 Å². The minimum absolute atomic E-state index is 0.160. The topological polar surface area (TPSA) is 70.6 Å². The maximum absolute atomic E-state index is 12.6. The summed E-state index contributed by atoms with van der Waals surface area (Å²) in [6.45, 7) is 5.19. The standard InChI is InChI=1S/C18H22ClN5O2/c1-2-12-26-17-14(19)4-3-5-15(17)22-18(25)24-10-8-23(9-11-24)16-13-20-6-7-21-16/h3-7,13H,2,8-12H2,1H3,(H,22,25). The van der Waals surface area contributed by atoms with Crippen molar-refractivity contribution in [2.75, 3.05) is 43.0 Å². The lowest BCUT2D eigenvalue weighted by atomic mass is 10.3. The van der Waals surface area contributed by atoms with E-state index in [0.717, 1.165) is 12.2 Å². The van der Waals surface area contributed by atoms with Gasteiger partial charge in [0.05, 0.1) is 23.5 Å². The molecule has 0 atom stereocenters. The Morgan fingerprint density at radius 1 is 1.27 bits per heavy atom. The van der Waals surface area contributed by atoms with Crippen LogP contribution in [0.3, 0.4) is 0 Å². The Kier molecular flexibility index (Phi) is 6.12. The summed E-state index contributed by atoms with van der Waals surface area (Å²) in [5.41, 5.74) is 0.590. The molecule has 2 amide bonds. The van der Waals surface area contributed by atoms with E-state index in [2.05, 4.69) is 20.2 Å². The molecule has 8 heteroatoms. The average Bonchev–Trinajstić information content (AvgIpc) is 2.68. The minimum Gasteiger partial charge on any atom is -0.490 e. The number of hydrogen-bond acceptors (Lipinski definition) is 5. The number of anilines is 2. The number of aromatic nitrogens is 2. The summed E-state index contributed by atoms with van der Waals surface area (Å²) in [6.07, 6.45) is 5.92.